The highest BCUT2D eigenvalue weighted by molar-refractivity contribution is 8.00. The fourth-order valence-electron chi connectivity index (χ4n) is 2.26. The molecular weight excluding hydrogens is 362 g/mol. The van der Waals surface area contributed by atoms with E-state index in [2.05, 4.69) is 46.7 Å². The predicted molar refractivity (Wildman–Crippen MR) is 109 cm³/mol. The summed E-state index contributed by atoms with van der Waals surface area (Å²) in [6.07, 6.45) is 3.29. The number of amides is 1. The fourth-order valence-corrected chi connectivity index (χ4v) is 3.96. The maximum atomic E-state index is 12.0. The van der Waals surface area contributed by atoms with E-state index in [1.54, 1.807) is 17.8 Å². The van der Waals surface area contributed by atoms with Gasteiger partial charge < -0.3 is 0 Å². The van der Waals surface area contributed by atoms with Crippen LogP contribution in [0.3, 0.4) is 0 Å². The van der Waals surface area contributed by atoms with Crippen LogP contribution in [0.15, 0.2) is 58.9 Å². The number of rotatable bonds is 6. The van der Waals surface area contributed by atoms with Crippen LogP contribution in [0.1, 0.15) is 22.3 Å². The van der Waals surface area contributed by atoms with Crippen LogP contribution in [0.4, 0.5) is 5.13 Å². The Morgan fingerprint density at radius 2 is 1.92 bits per heavy atom. The number of nitrogens with one attached hydrogen (secondary N) is 1. The molecule has 1 N–H and O–H groups in total. The zero-order chi connectivity index (χ0) is 18.4. The molecule has 0 saturated carbocycles. The Hall–Kier alpha value is -2.44. The number of hydrogen-bond acceptors (Lipinski definition) is 5. The molecule has 0 spiro atoms. The van der Waals surface area contributed by atoms with E-state index in [-0.39, 0.29) is 5.91 Å². The first-order chi connectivity index (χ1) is 12.6. The van der Waals surface area contributed by atoms with E-state index < -0.39 is 0 Å². The van der Waals surface area contributed by atoms with Gasteiger partial charge in [-0.15, -0.1) is 10.2 Å². The van der Waals surface area contributed by atoms with Gasteiger partial charge >= 0.3 is 0 Å². The molecule has 4 nitrogen and oxygen atoms in total. The van der Waals surface area contributed by atoms with Gasteiger partial charge in [-0.25, -0.2) is 0 Å². The number of carbonyl (C=O) groups excluding carboxylic acids is 1. The number of nitrogens with zero attached hydrogens (tertiary/aromatic N) is 2. The maximum absolute atomic E-state index is 12.0. The van der Waals surface area contributed by atoms with E-state index >= 15 is 0 Å². The largest absolute Gasteiger partial charge is 0.297 e. The van der Waals surface area contributed by atoms with Gasteiger partial charge in [-0.05, 0) is 31.1 Å². The Morgan fingerprint density at radius 3 is 2.69 bits per heavy atom. The van der Waals surface area contributed by atoms with Gasteiger partial charge in [0.25, 0.3) is 0 Å². The van der Waals surface area contributed by atoms with E-state index in [0.717, 1.165) is 15.7 Å². The van der Waals surface area contributed by atoms with Crippen LogP contribution < -0.4 is 5.32 Å². The quantitative estimate of drug-likeness (QED) is 0.367. The number of aromatic nitrogens is 2. The molecule has 0 unspecified atom stereocenters. The number of benzene rings is 2. The summed E-state index contributed by atoms with van der Waals surface area (Å²) in [7, 11) is 0. The number of carbonyl (C=O) groups is 1. The Morgan fingerprint density at radius 1 is 1.12 bits per heavy atom. The van der Waals surface area contributed by atoms with Gasteiger partial charge in [-0.2, -0.15) is 0 Å². The Balaban J connectivity index is 1.52. The summed E-state index contributed by atoms with van der Waals surface area (Å²) in [6.45, 7) is 4.11. The molecule has 0 bridgehead atoms. The molecule has 0 aliphatic heterocycles. The molecule has 3 rings (SSSR count). The highest BCUT2D eigenvalue weighted by Crippen LogP contribution is 2.28. The van der Waals surface area contributed by atoms with E-state index in [4.69, 9.17) is 0 Å². The standard InChI is InChI=1S/C20H19N3OS2/c1-14-6-8-16(9-7-14)10-11-18(24)21-19-22-23-20(26-19)25-13-17-5-3-4-15(2)12-17/h3-12H,13H2,1-2H3,(H,21,22,24)/b11-10+. The lowest BCUT2D eigenvalue weighted by Crippen LogP contribution is -2.07. The molecule has 0 aliphatic rings. The molecule has 0 saturated heterocycles. The van der Waals surface area contributed by atoms with Crippen molar-refractivity contribution in [3.63, 3.8) is 0 Å². The Kier molecular flexibility index (Phi) is 6.20. The van der Waals surface area contributed by atoms with Crippen LogP contribution in [0.2, 0.25) is 0 Å². The number of thioether (sulfide) groups is 1. The minimum atomic E-state index is -0.211. The molecule has 2 aromatic carbocycles. The van der Waals surface area contributed by atoms with Crippen LogP contribution >= 0.6 is 23.1 Å². The molecule has 26 heavy (non-hydrogen) atoms. The van der Waals surface area contributed by atoms with Gasteiger partial charge in [-0.3, -0.25) is 10.1 Å². The molecule has 0 atom stereocenters. The van der Waals surface area contributed by atoms with Crippen LogP contribution in [0.5, 0.6) is 0 Å². The molecule has 6 heteroatoms. The SMILES string of the molecule is Cc1ccc(/C=C/C(=O)Nc2nnc(SCc3cccc(C)c3)s2)cc1. The number of aryl methyl sites for hydroxylation is 2. The van der Waals surface area contributed by atoms with E-state index in [9.17, 15) is 4.79 Å². The minimum Gasteiger partial charge on any atom is -0.297 e. The van der Waals surface area contributed by atoms with Gasteiger partial charge in [-0.1, -0.05) is 82.8 Å². The lowest BCUT2D eigenvalue weighted by molar-refractivity contribution is -0.111. The second kappa shape index (κ2) is 8.78. The van der Waals surface area contributed by atoms with Crippen molar-refractivity contribution in [2.45, 2.75) is 23.9 Å². The molecule has 1 aromatic heterocycles. The summed E-state index contributed by atoms with van der Waals surface area (Å²) in [5, 5.41) is 11.4. The van der Waals surface area contributed by atoms with Crippen molar-refractivity contribution in [2.24, 2.45) is 0 Å². The van der Waals surface area contributed by atoms with E-state index in [1.165, 1.54) is 34.1 Å². The lowest BCUT2D eigenvalue weighted by atomic mass is 10.1. The van der Waals surface area contributed by atoms with Crippen LogP contribution in [-0.4, -0.2) is 16.1 Å². The topological polar surface area (TPSA) is 54.9 Å². The molecular formula is C20H19N3OS2. The van der Waals surface area contributed by atoms with Gasteiger partial charge in [0.05, 0.1) is 0 Å². The number of anilines is 1. The molecule has 0 radical (unpaired) electrons. The second-order valence-electron chi connectivity index (χ2n) is 5.88. The molecule has 0 fully saturated rings. The zero-order valence-corrected chi connectivity index (χ0v) is 16.2. The first-order valence-electron chi connectivity index (χ1n) is 8.16. The van der Waals surface area contributed by atoms with Crippen molar-refractivity contribution in [1.29, 1.82) is 0 Å². The van der Waals surface area contributed by atoms with Crippen molar-refractivity contribution in [1.82, 2.24) is 10.2 Å². The summed E-state index contributed by atoms with van der Waals surface area (Å²) in [6, 6.07) is 16.4. The third-order valence-electron chi connectivity index (χ3n) is 3.59. The van der Waals surface area contributed by atoms with E-state index in [1.807, 2.05) is 31.2 Å². The Labute approximate surface area is 161 Å². The van der Waals surface area contributed by atoms with Gasteiger partial charge in [0.1, 0.15) is 0 Å². The summed E-state index contributed by atoms with van der Waals surface area (Å²) < 4.78 is 0.837. The molecule has 1 heterocycles. The monoisotopic (exact) mass is 381 g/mol. The maximum Gasteiger partial charge on any atom is 0.250 e. The van der Waals surface area contributed by atoms with Crippen LogP contribution in [-0.2, 0) is 10.5 Å². The summed E-state index contributed by atoms with van der Waals surface area (Å²) >= 11 is 3.00. The van der Waals surface area contributed by atoms with E-state index in [0.29, 0.717) is 5.13 Å². The zero-order valence-electron chi connectivity index (χ0n) is 14.6. The predicted octanol–water partition coefficient (Wildman–Crippen LogP) is 5.10. The lowest BCUT2D eigenvalue weighted by Gasteiger charge is -1.99. The van der Waals surface area contributed by atoms with Crippen LogP contribution in [0.25, 0.3) is 6.08 Å². The summed E-state index contributed by atoms with van der Waals surface area (Å²) in [4.78, 5) is 12.0. The first kappa shape index (κ1) is 18.4. The van der Waals surface area contributed by atoms with Crippen molar-refractivity contribution >= 4 is 40.2 Å². The molecule has 3 aromatic rings. The van der Waals surface area contributed by atoms with Crippen molar-refractivity contribution in [2.75, 3.05) is 5.32 Å². The third-order valence-corrected chi connectivity index (χ3v) is 5.63. The van der Waals surface area contributed by atoms with Gasteiger partial charge in [0.15, 0.2) is 4.34 Å². The number of hydrogen-bond donors (Lipinski definition) is 1. The Bertz CT molecular complexity index is 917. The average Bonchev–Trinajstić information content (AvgIpc) is 3.07. The molecule has 0 aliphatic carbocycles. The smallest absolute Gasteiger partial charge is 0.250 e. The fraction of sp³-hybridized carbons (Fsp3) is 0.150. The molecule has 1 amide bonds. The highest BCUT2D eigenvalue weighted by Gasteiger charge is 2.07. The van der Waals surface area contributed by atoms with Crippen molar-refractivity contribution in [3.8, 4) is 0 Å². The van der Waals surface area contributed by atoms with Crippen molar-refractivity contribution in [3.05, 3.63) is 76.9 Å². The van der Waals surface area contributed by atoms with Gasteiger partial charge in [0, 0.05) is 11.8 Å². The summed E-state index contributed by atoms with van der Waals surface area (Å²) in [5.74, 6) is 0.620. The summed E-state index contributed by atoms with van der Waals surface area (Å²) in [5.41, 5.74) is 4.67. The highest BCUT2D eigenvalue weighted by atomic mass is 32.2. The minimum absolute atomic E-state index is 0.211. The van der Waals surface area contributed by atoms with Gasteiger partial charge in [0.2, 0.25) is 11.0 Å². The van der Waals surface area contributed by atoms with Crippen molar-refractivity contribution < 1.29 is 4.79 Å². The first-order valence-corrected chi connectivity index (χ1v) is 9.96. The normalized spacial score (nSPS) is 11.0. The average molecular weight is 382 g/mol. The third kappa shape index (κ3) is 5.54. The molecule has 132 valence electrons. The second-order valence-corrected chi connectivity index (χ2v) is 8.08. The van der Waals surface area contributed by atoms with Crippen LogP contribution in [0, 0.1) is 13.8 Å².